The molecule has 1 aromatic heterocycles. The molecule has 29 heavy (non-hydrogen) atoms. The van der Waals surface area contributed by atoms with Gasteiger partial charge < -0.3 is 9.42 Å². The summed E-state index contributed by atoms with van der Waals surface area (Å²) in [5.74, 6) is -1.31. The van der Waals surface area contributed by atoms with E-state index in [2.05, 4.69) is 10.1 Å². The topological polar surface area (TPSA) is 93.4 Å². The summed E-state index contributed by atoms with van der Waals surface area (Å²) in [5, 5.41) is 3.86. The van der Waals surface area contributed by atoms with Crippen molar-refractivity contribution in [3.05, 3.63) is 65.5 Å². The van der Waals surface area contributed by atoms with Gasteiger partial charge in [-0.05, 0) is 38.5 Å². The molecule has 0 bridgehead atoms. The van der Waals surface area contributed by atoms with E-state index in [0.717, 1.165) is 16.7 Å². The van der Waals surface area contributed by atoms with Gasteiger partial charge in [0, 0.05) is 17.8 Å². The second-order valence-corrected chi connectivity index (χ2v) is 8.90. The van der Waals surface area contributed by atoms with Gasteiger partial charge >= 0.3 is 0 Å². The van der Waals surface area contributed by atoms with Crippen LogP contribution >= 0.6 is 0 Å². The van der Waals surface area contributed by atoms with E-state index in [-0.39, 0.29) is 5.89 Å². The third-order valence-corrected chi connectivity index (χ3v) is 5.83. The number of sulfone groups is 1. The predicted octanol–water partition coefficient (Wildman–Crippen LogP) is 3.32. The summed E-state index contributed by atoms with van der Waals surface area (Å²) < 4.78 is 30.2. The summed E-state index contributed by atoms with van der Waals surface area (Å²) in [6.45, 7) is 6.00. The van der Waals surface area contributed by atoms with Crippen LogP contribution in [0.1, 0.15) is 23.9 Å². The first-order valence-electron chi connectivity index (χ1n) is 9.25. The van der Waals surface area contributed by atoms with E-state index in [1.54, 1.807) is 6.07 Å². The van der Waals surface area contributed by atoms with E-state index in [0.29, 0.717) is 18.1 Å². The van der Waals surface area contributed by atoms with Gasteiger partial charge in [0.15, 0.2) is 9.84 Å². The van der Waals surface area contributed by atoms with Crippen LogP contribution in [0.3, 0.4) is 0 Å². The summed E-state index contributed by atoms with van der Waals surface area (Å²) in [4.78, 5) is 18.3. The second-order valence-electron chi connectivity index (χ2n) is 6.84. The Balaban J connectivity index is 1.73. The van der Waals surface area contributed by atoms with Crippen molar-refractivity contribution in [2.24, 2.45) is 0 Å². The number of aromatic nitrogens is 2. The molecule has 2 aromatic carbocycles. The van der Waals surface area contributed by atoms with E-state index >= 15 is 0 Å². The fourth-order valence-electron chi connectivity index (χ4n) is 3.07. The SMILES string of the molecule is CCN(C(=O)CS(=O)(=O)Cc1nc(-c2cccc(C)c2)no1)c1ccccc1C. The molecule has 0 fully saturated rings. The molecule has 8 heteroatoms. The summed E-state index contributed by atoms with van der Waals surface area (Å²) >= 11 is 0. The van der Waals surface area contributed by atoms with Gasteiger partial charge in [0.25, 0.3) is 0 Å². The molecule has 0 atom stereocenters. The predicted molar refractivity (Wildman–Crippen MR) is 111 cm³/mol. The molecule has 0 saturated carbocycles. The number of amides is 1. The lowest BCUT2D eigenvalue weighted by molar-refractivity contribution is -0.116. The van der Waals surface area contributed by atoms with Crippen molar-refractivity contribution >= 4 is 21.4 Å². The standard InChI is InChI=1S/C21H23N3O4S/c1-4-24(18-11-6-5-9-16(18)3)20(25)14-29(26,27)13-19-22-21(23-28-19)17-10-7-8-15(2)12-17/h5-12H,4,13-14H2,1-3H3. The Morgan fingerprint density at radius 3 is 2.55 bits per heavy atom. The monoisotopic (exact) mass is 413 g/mol. The number of carbonyl (C=O) groups is 1. The summed E-state index contributed by atoms with van der Waals surface area (Å²) in [7, 11) is -3.77. The molecule has 7 nitrogen and oxygen atoms in total. The number of nitrogens with zero attached hydrogens (tertiary/aromatic N) is 3. The van der Waals surface area contributed by atoms with Gasteiger partial charge in [0.2, 0.25) is 17.6 Å². The highest BCUT2D eigenvalue weighted by Crippen LogP contribution is 2.21. The molecule has 3 aromatic rings. The van der Waals surface area contributed by atoms with E-state index < -0.39 is 27.3 Å². The maximum Gasteiger partial charge on any atom is 0.242 e. The summed E-state index contributed by atoms with van der Waals surface area (Å²) in [6.07, 6.45) is 0. The Bertz CT molecular complexity index is 1120. The zero-order valence-corrected chi connectivity index (χ0v) is 17.4. The minimum absolute atomic E-state index is 0.0340. The minimum Gasteiger partial charge on any atom is -0.338 e. The van der Waals surface area contributed by atoms with Gasteiger partial charge in [-0.1, -0.05) is 47.1 Å². The normalized spacial score (nSPS) is 11.4. The van der Waals surface area contributed by atoms with E-state index in [1.165, 1.54) is 4.90 Å². The molecule has 1 amide bonds. The quantitative estimate of drug-likeness (QED) is 0.590. The molecule has 0 aliphatic heterocycles. The average molecular weight is 413 g/mol. The van der Waals surface area contributed by atoms with Crippen molar-refractivity contribution in [3.8, 4) is 11.4 Å². The highest BCUT2D eigenvalue weighted by molar-refractivity contribution is 7.91. The molecule has 0 spiro atoms. The molecular weight excluding hydrogens is 390 g/mol. The van der Waals surface area contributed by atoms with Gasteiger partial charge in [-0.3, -0.25) is 4.79 Å². The van der Waals surface area contributed by atoms with Crippen molar-refractivity contribution in [2.45, 2.75) is 26.5 Å². The molecule has 0 radical (unpaired) electrons. The third kappa shape index (κ3) is 5.08. The van der Waals surface area contributed by atoms with Crippen LogP contribution in [-0.2, 0) is 20.4 Å². The number of aryl methyl sites for hydroxylation is 2. The van der Waals surface area contributed by atoms with Gasteiger partial charge in [0.1, 0.15) is 11.5 Å². The molecule has 0 aliphatic carbocycles. The molecule has 0 N–H and O–H groups in total. The summed E-state index contributed by atoms with van der Waals surface area (Å²) in [6, 6.07) is 14.9. The largest absolute Gasteiger partial charge is 0.338 e. The van der Waals surface area contributed by atoms with Crippen LogP contribution in [0.2, 0.25) is 0 Å². The number of hydrogen-bond acceptors (Lipinski definition) is 6. The van der Waals surface area contributed by atoms with Gasteiger partial charge in [-0.15, -0.1) is 0 Å². The fourth-order valence-corrected chi connectivity index (χ4v) is 4.20. The fraction of sp³-hybridized carbons (Fsp3) is 0.286. The van der Waals surface area contributed by atoms with Gasteiger partial charge in [-0.25, -0.2) is 8.42 Å². The van der Waals surface area contributed by atoms with Gasteiger partial charge in [0.05, 0.1) is 0 Å². The van der Waals surface area contributed by atoms with Gasteiger partial charge in [-0.2, -0.15) is 4.98 Å². The minimum atomic E-state index is -3.77. The Morgan fingerprint density at radius 1 is 1.10 bits per heavy atom. The number of rotatable bonds is 7. The second kappa shape index (κ2) is 8.57. The maximum absolute atomic E-state index is 12.7. The highest BCUT2D eigenvalue weighted by Gasteiger charge is 2.25. The van der Waals surface area contributed by atoms with Crippen LogP contribution in [0, 0.1) is 13.8 Å². The molecule has 3 rings (SSSR count). The lowest BCUT2D eigenvalue weighted by Gasteiger charge is -2.22. The first-order valence-corrected chi connectivity index (χ1v) is 11.1. The number of carbonyl (C=O) groups excluding carboxylic acids is 1. The first-order chi connectivity index (χ1) is 13.8. The van der Waals surface area contributed by atoms with Crippen LogP contribution in [0.5, 0.6) is 0 Å². The maximum atomic E-state index is 12.7. The van der Waals surface area contributed by atoms with Crippen molar-refractivity contribution in [1.29, 1.82) is 0 Å². The first kappa shape index (κ1) is 20.7. The van der Waals surface area contributed by atoms with E-state index in [9.17, 15) is 13.2 Å². The van der Waals surface area contributed by atoms with E-state index in [1.807, 2.05) is 63.2 Å². The Kier molecular flexibility index (Phi) is 6.12. The molecule has 0 saturated heterocycles. The molecule has 0 aliphatic rings. The lowest BCUT2D eigenvalue weighted by Crippen LogP contribution is -2.36. The van der Waals surface area contributed by atoms with Crippen molar-refractivity contribution < 1.29 is 17.7 Å². The Morgan fingerprint density at radius 2 is 1.86 bits per heavy atom. The van der Waals surface area contributed by atoms with Crippen molar-refractivity contribution in [3.63, 3.8) is 0 Å². The van der Waals surface area contributed by atoms with Crippen LogP contribution < -0.4 is 4.90 Å². The zero-order valence-electron chi connectivity index (χ0n) is 16.6. The van der Waals surface area contributed by atoms with Crippen molar-refractivity contribution in [2.75, 3.05) is 17.2 Å². The Hall–Kier alpha value is -3.00. The number of para-hydroxylation sites is 1. The van der Waals surface area contributed by atoms with E-state index in [4.69, 9.17) is 4.52 Å². The molecule has 152 valence electrons. The van der Waals surface area contributed by atoms with Crippen LogP contribution in [0.15, 0.2) is 53.1 Å². The van der Waals surface area contributed by atoms with Crippen LogP contribution in [0.25, 0.3) is 11.4 Å². The lowest BCUT2D eigenvalue weighted by atomic mass is 10.1. The molecule has 1 heterocycles. The van der Waals surface area contributed by atoms with Crippen LogP contribution in [0.4, 0.5) is 5.69 Å². The Labute approximate surface area is 170 Å². The smallest absolute Gasteiger partial charge is 0.242 e. The number of hydrogen-bond donors (Lipinski definition) is 0. The average Bonchev–Trinajstić information content (AvgIpc) is 3.11. The zero-order chi connectivity index (χ0) is 21.0. The van der Waals surface area contributed by atoms with Crippen molar-refractivity contribution in [1.82, 2.24) is 10.1 Å². The number of anilines is 1. The van der Waals surface area contributed by atoms with Crippen LogP contribution in [-0.4, -0.2) is 36.8 Å². The molecular formula is C21H23N3O4S. The summed E-state index contributed by atoms with van der Waals surface area (Å²) in [5.41, 5.74) is 3.38. The molecule has 0 unspecified atom stereocenters. The number of benzene rings is 2. The highest BCUT2D eigenvalue weighted by atomic mass is 32.2. The third-order valence-electron chi connectivity index (χ3n) is 4.45.